The molecular formula is C47H59N5O9. The van der Waals surface area contributed by atoms with Gasteiger partial charge in [0.05, 0.1) is 12.6 Å². The number of hydrogen-bond donors (Lipinski definition) is 5. The van der Waals surface area contributed by atoms with Crippen molar-refractivity contribution in [1.29, 1.82) is 0 Å². The Hall–Kier alpha value is -5.76. The van der Waals surface area contributed by atoms with Crippen molar-refractivity contribution in [3.63, 3.8) is 0 Å². The van der Waals surface area contributed by atoms with E-state index in [1.54, 1.807) is 51.1 Å². The molecule has 5 atom stereocenters. The van der Waals surface area contributed by atoms with Crippen LogP contribution in [0.4, 0.5) is 0 Å². The van der Waals surface area contributed by atoms with Crippen LogP contribution in [0.2, 0.25) is 0 Å². The molecule has 5 amide bonds. The average molecular weight is 838 g/mol. The van der Waals surface area contributed by atoms with Crippen molar-refractivity contribution in [2.75, 3.05) is 6.54 Å². The Labute approximate surface area is 357 Å². The van der Waals surface area contributed by atoms with Gasteiger partial charge in [0.1, 0.15) is 29.2 Å². The molecule has 3 aromatic carbocycles. The Balaban J connectivity index is 1.20. The number of esters is 1. The molecule has 0 saturated heterocycles. The van der Waals surface area contributed by atoms with E-state index in [2.05, 4.69) is 21.3 Å². The van der Waals surface area contributed by atoms with E-state index in [-0.39, 0.29) is 43.5 Å². The van der Waals surface area contributed by atoms with Crippen molar-refractivity contribution in [1.82, 2.24) is 26.2 Å². The molecule has 1 saturated carbocycles. The number of carbonyl (C=O) groups excluding carboxylic acids is 6. The SMILES string of the molecule is CCCC(NC(=O)C1Cc2ccc3cc2CN1C(=O)[C@H](C1CCCCC1)NC(=O)CCc1ccc(cc1)O3)C(O)C(=O)NCC(=O)NC(C(=O)OC(C)(C)C)c1ccccc1. The zero-order valence-electron chi connectivity index (χ0n) is 35.5. The highest BCUT2D eigenvalue weighted by Gasteiger charge is 2.42. The minimum atomic E-state index is -1.76. The lowest BCUT2D eigenvalue weighted by atomic mass is 9.82. The Morgan fingerprint density at radius 2 is 1.61 bits per heavy atom. The number of aliphatic hydroxyl groups excluding tert-OH is 1. The van der Waals surface area contributed by atoms with Crippen molar-refractivity contribution >= 4 is 35.5 Å². The molecule has 14 heteroatoms. The molecule has 1 fully saturated rings. The molecule has 3 heterocycles. The molecule has 5 bridgehead atoms. The van der Waals surface area contributed by atoms with Crippen molar-refractivity contribution in [3.05, 3.63) is 95.1 Å². The third kappa shape index (κ3) is 12.0. The summed E-state index contributed by atoms with van der Waals surface area (Å²) < 4.78 is 11.7. The van der Waals surface area contributed by atoms with Gasteiger partial charge in [0.15, 0.2) is 12.1 Å². The number of benzene rings is 3. The van der Waals surface area contributed by atoms with Gasteiger partial charge in [-0.2, -0.15) is 0 Å². The highest BCUT2D eigenvalue weighted by molar-refractivity contribution is 5.94. The Morgan fingerprint density at radius 1 is 0.902 bits per heavy atom. The number of rotatable bonds is 12. The van der Waals surface area contributed by atoms with Crippen molar-refractivity contribution in [3.8, 4) is 11.5 Å². The monoisotopic (exact) mass is 837 g/mol. The Kier molecular flexibility index (Phi) is 14.8. The van der Waals surface area contributed by atoms with Gasteiger partial charge in [-0.05, 0) is 98.9 Å². The topological polar surface area (TPSA) is 192 Å². The van der Waals surface area contributed by atoms with E-state index in [0.717, 1.165) is 48.8 Å². The van der Waals surface area contributed by atoms with Crippen LogP contribution in [0.15, 0.2) is 72.8 Å². The van der Waals surface area contributed by atoms with Crippen LogP contribution in [0.25, 0.3) is 0 Å². The van der Waals surface area contributed by atoms with E-state index < -0.39 is 66.1 Å². The fourth-order valence-electron chi connectivity index (χ4n) is 8.33. The van der Waals surface area contributed by atoms with Gasteiger partial charge in [-0.3, -0.25) is 24.0 Å². The van der Waals surface area contributed by atoms with Gasteiger partial charge in [0, 0.05) is 19.4 Å². The molecule has 1 aliphatic carbocycles. The lowest BCUT2D eigenvalue weighted by molar-refractivity contribution is -0.158. The van der Waals surface area contributed by atoms with Gasteiger partial charge >= 0.3 is 5.97 Å². The summed E-state index contributed by atoms with van der Waals surface area (Å²) in [5.74, 6) is -2.35. The van der Waals surface area contributed by atoms with E-state index in [1.165, 1.54) is 4.90 Å². The maximum Gasteiger partial charge on any atom is 0.333 e. The number of aliphatic hydroxyl groups is 1. The second-order valence-corrected chi connectivity index (χ2v) is 17.3. The molecule has 3 aromatic rings. The molecule has 7 rings (SSSR count). The summed E-state index contributed by atoms with van der Waals surface area (Å²) in [5, 5.41) is 22.4. The quantitative estimate of drug-likeness (QED) is 0.161. The Morgan fingerprint density at radius 3 is 2.30 bits per heavy atom. The highest BCUT2D eigenvalue weighted by atomic mass is 16.6. The minimum absolute atomic E-state index is 0.0748. The molecule has 326 valence electrons. The number of hydrogen-bond acceptors (Lipinski definition) is 9. The van der Waals surface area contributed by atoms with Crippen molar-refractivity contribution in [2.24, 2.45) is 5.92 Å². The summed E-state index contributed by atoms with van der Waals surface area (Å²) in [4.78, 5) is 83.9. The van der Waals surface area contributed by atoms with Crippen LogP contribution in [-0.2, 0) is 52.9 Å². The first kappa shape index (κ1) is 44.8. The first-order chi connectivity index (χ1) is 29.2. The van der Waals surface area contributed by atoms with Crippen LogP contribution in [0, 0.1) is 5.92 Å². The second-order valence-electron chi connectivity index (χ2n) is 17.3. The highest BCUT2D eigenvalue weighted by Crippen LogP contribution is 2.33. The number of fused-ring (bicyclic) bond motifs is 7. The van der Waals surface area contributed by atoms with Gasteiger partial charge in [-0.1, -0.05) is 81.1 Å². The van der Waals surface area contributed by atoms with Crippen molar-refractivity contribution in [2.45, 2.75) is 134 Å². The van der Waals surface area contributed by atoms with E-state index in [9.17, 15) is 33.9 Å². The predicted molar refractivity (Wildman–Crippen MR) is 227 cm³/mol. The maximum atomic E-state index is 14.8. The summed E-state index contributed by atoms with van der Waals surface area (Å²) in [6, 6.07) is 17.6. The summed E-state index contributed by atoms with van der Waals surface area (Å²) in [6.07, 6.45) is 4.19. The fourth-order valence-corrected chi connectivity index (χ4v) is 8.33. The number of aryl methyl sites for hydroxylation is 1. The van der Waals surface area contributed by atoms with E-state index in [4.69, 9.17) is 9.47 Å². The van der Waals surface area contributed by atoms with Gasteiger partial charge in [0.2, 0.25) is 23.6 Å². The van der Waals surface area contributed by atoms with Crippen LogP contribution in [-0.4, -0.2) is 81.9 Å². The van der Waals surface area contributed by atoms with Crippen LogP contribution < -0.4 is 26.0 Å². The number of ether oxygens (including phenoxy) is 2. The van der Waals surface area contributed by atoms with Gasteiger partial charge in [0.25, 0.3) is 5.91 Å². The predicted octanol–water partition coefficient (Wildman–Crippen LogP) is 4.70. The van der Waals surface area contributed by atoms with Gasteiger partial charge in [-0.25, -0.2) is 4.79 Å². The molecular weight excluding hydrogens is 779 g/mol. The number of nitrogens with one attached hydrogen (secondary N) is 4. The minimum Gasteiger partial charge on any atom is -0.458 e. The maximum absolute atomic E-state index is 14.8. The van der Waals surface area contributed by atoms with Crippen molar-refractivity contribution < 1.29 is 43.3 Å². The van der Waals surface area contributed by atoms with E-state index >= 15 is 0 Å². The van der Waals surface area contributed by atoms with Crippen LogP contribution in [0.5, 0.6) is 11.5 Å². The summed E-state index contributed by atoms with van der Waals surface area (Å²) in [7, 11) is 0. The molecule has 14 nitrogen and oxygen atoms in total. The molecule has 0 aromatic heterocycles. The summed E-state index contributed by atoms with van der Waals surface area (Å²) in [6.45, 7) is 6.49. The Bertz CT molecular complexity index is 2040. The molecule has 3 aliphatic heterocycles. The van der Waals surface area contributed by atoms with E-state index in [0.29, 0.717) is 29.9 Å². The normalized spacial score (nSPS) is 19.8. The molecule has 4 unspecified atom stereocenters. The second kappa shape index (κ2) is 20.2. The lowest BCUT2D eigenvalue weighted by Crippen LogP contribution is -2.61. The van der Waals surface area contributed by atoms with E-state index in [1.807, 2.05) is 49.4 Å². The molecule has 4 aliphatic rings. The van der Waals surface area contributed by atoms with Gasteiger partial charge < -0.3 is 40.7 Å². The summed E-state index contributed by atoms with van der Waals surface area (Å²) >= 11 is 0. The largest absolute Gasteiger partial charge is 0.458 e. The molecule has 61 heavy (non-hydrogen) atoms. The number of carbonyl (C=O) groups is 6. The third-order valence-electron chi connectivity index (χ3n) is 11.5. The standard InChI is InChI=1S/C47H59N5O9/c1-5-12-36(42(55)44(57)48-27-39(54)51-41(31-15-10-7-11-16-31)46(59)61-47(2,3)4)49-43(56)37-26-32-20-23-35-25-33(32)28-52(37)45(58)40(30-13-8-6-9-14-30)50-38(53)24-19-29-17-21-34(60-35)22-18-29/h7,10-11,15-18,20-23,25,30,36-37,40-42,55H,5-6,8-9,12-14,19,24,26-28H2,1-4H3,(H,48,57)(H,49,56)(H,50,53)(H,51,54)/t36?,37?,40-,41?,42?/m0/s1. The zero-order chi connectivity index (χ0) is 43.7. The summed E-state index contributed by atoms with van der Waals surface area (Å²) in [5.41, 5.74) is 2.27. The van der Waals surface area contributed by atoms with Crippen LogP contribution in [0.1, 0.15) is 107 Å². The first-order valence-electron chi connectivity index (χ1n) is 21.5. The number of amides is 5. The lowest BCUT2D eigenvalue weighted by Gasteiger charge is -2.41. The molecule has 5 N–H and O–H groups in total. The fraction of sp³-hybridized carbons (Fsp3) is 0.489. The van der Waals surface area contributed by atoms with Gasteiger partial charge in [-0.15, -0.1) is 0 Å². The molecule has 0 spiro atoms. The first-order valence-corrected chi connectivity index (χ1v) is 21.5. The van der Waals surface area contributed by atoms with Crippen LogP contribution in [0.3, 0.4) is 0 Å². The van der Waals surface area contributed by atoms with Crippen LogP contribution >= 0.6 is 0 Å². The smallest absolute Gasteiger partial charge is 0.333 e. The zero-order valence-corrected chi connectivity index (χ0v) is 35.5. The molecule has 0 radical (unpaired) electrons. The average Bonchev–Trinajstić information content (AvgIpc) is 3.24. The third-order valence-corrected chi connectivity index (χ3v) is 11.5. The number of nitrogens with zero attached hydrogens (tertiary/aromatic N) is 1.